The van der Waals surface area contributed by atoms with Gasteiger partial charge in [-0.15, -0.1) is 0 Å². The highest BCUT2D eigenvalue weighted by Crippen LogP contribution is 2.29. The van der Waals surface area contributed by atoms with Gasteiger partial charge in [0.15, 0.2) is 5.13 Å². The topological polar surface area (TPSA) is 79.6 Å². The van der Waals surface area contributed by atoms with E-state index in [-0.39, 0.29) is 11.8 Å². The number of aromatic nitrogens is 3. The lowest BCUT2D eigenvalue weighted by Crippen LogP contribution is -2.35. The number of nitrogens with one attached hydrogen (secondary N) is 1. The number of rotatable bonds is 4. The Labute approximate surface area is 205 Å². The van der Waals surface area contributed by atoms with Gasteiger partial charge in [0.05, 0.1) is 17.9 Å². The number of benzene rings is 2. The minimum Gasteiger partial charge on any atom is -0.333 e. The van der Waals surface area contributed by atoms with Crippen LogP contribution in [0.1, 0.15) is 31.3 Å². The van der Waals surface area contributed by atoms with E-state index in [1.165, 1.54) is 11.3 Å². The summed E-state index contributed by atoms with van der Waals surface area (Å²) in [5.41, 5.74) is 4.71. The third-order valence-electron chi connectivity index (χ3n) is 6.05. The first-order valence-corrected chi connectivity index (χ1v) is 12.1. The van der Waals surface area contributed by atoms with E-state index in [4.69, 9.17) is 0 Å². The zero-order chi connectivity index (χ0) is 23.8. The van der Waals surface area contributed by atoms with Crippen LogP contribution in [0.4, 0.5) is 5.13 Å². The van der Waals surface area contributed by atoms with Crippen LogP contribution in [0.15, 0.2) is 85.2 Å². The quantitative estimate of drug-likeness (QED) is 0.397. The number of amides is 2. The van der Waals surface area contributed by atoms with Crippen LogP contribution in [0.25, 0.3) is 16.9 Å². The fourth-order valence-corrected chi connectivity index (χ4v) is 5.24. The van der Waals surface area contributed by atoms with Crippen molar-refractivity contribution < 1.29 is 9.59 Å². The molecule has 4 heterocycles. The predicted molar refractivity (Wildman–Crippen MR) is 136 cm³/mol. The number of thiazole rings is 1. The van der Waals surface area contributed by atoms with Crippen LogP contribution < -0.4 is 5.32 Å². The average molecular weight is 480 g/mol. The van der Waals surface area contributed by atoms with E-state index >= 15 is 0 Å². The molecule has 0 saturated carbocycles. The number of pyridine rings is 1. The molecular weight excluding hydrogens is 458 g/mol. The van der Waals surface area contributed by atoms with Gasteiger partial charge in [0.1, 0.15) is 5.65 Å². The van der Waals surface area contributed by atoms with Crippen molar-refractivity contribution in [2.24, 2.45) is 0 Å². The van der Waals surface area contributed by atoms with Gasteiger partial charge < -0.3 is 9.30 Å². The molecule has 6 rings (SSSR count). The van der Waals surface area contributed by atoms with Gasteiger partial charge in [-0.3, -0.25) is 14.9 Å². The molecule has 0 fully saturated rings. The van der Waals surface area contributed by atoms with Crippen LogP contribution in [-0.4, -0.2) is 37.6 Å². The van der Waals surface area contributed by atoms with Crippen molar-refractivity contribution in [3.05, 3.63) is 107 Å². The molecule has 0 bridgehead atoms. The SMILES string of the molecule is O=C(Nc1nc2c(s1)CN(C(=O)c1ccccc1)CC2)c1ccn2cc(-c3ccccc3)nc2c1. The summed E-state index contributed by atoms with van der Waals surface area (Å²) in [5.74, 6) is -0.224. The highest BCUT2D eigenvalue weighted by molar-refractivity contribution is 7.15. The number of anilines is 1. The molecule has 7 nitrogen and oxygen atoms in total. The van der Waals surface area contributed by atoms with Crippen LogP contribution in [-0.2, 0) is 13.0 Å². The molecule has 1 aliphatic heterocycles. The van der Waals surface area contributed by atoms with Crippen LogP contribution >= 0.6 is 11.3 Å². The first-order valence-electron chi connectivity index (χ1n) is 11.3. The van der Waals surface area contributed by atoms with Crippen molar-refractivity contribution in [1.29, 1.82) is 0 Å². The van der Waals surface area contributed by atoms with Gasteiger partial charge in [-0.25, -0.2) is 9.97 Å². The third-order valence-corrected chi connectivity index (χ3v) is 7.05. The predicted octanol–water partition coefficient (Wildman–Crippen LogP) is 4.91. The number of fused-ring (bicyclic) bond motifs is 2. The summed E-state index contributed by atoms with van der Waals surface area (Å²) in [6.07, 6.45) is 4.45. The lowest BCUT2D eigenvalue weighted by Gasteiger charge is -2.26. The van der Waals surface area contributed by atoms with Gasteiger partial charge in [-0.1, -0.05) is 59.9 Å². The van der Waals surface area contributed by atoms with Crippen molar-refractivity contribution in [1.82, 2.24) is 19.3 Å². The Bertz CT molecular complexity index is 1540. The molecule has 1 N–H and O–H groups in total. The van der Waals surface area contributed by atoms with Crippen LogP contribution in [0.5, 0.6) is 0 Å². The van der Waals surface area contributed by atoms with E-state index in [2.05, 4.69) is 15.3 Å². The first kappa shape index (κ1) is 21.2. The van der Waals surface area contributed by atoms with E-state index in [0.29, 0.717) is 41.4 Å². The lowest BCUT2D eigenvalue weighted by atomic mass is 10.1. The molecule has 35 heavy (non-hydrogen) atoms. The van der Waals surface area contributed by atoms with Crippen molar-refractivity contribution in [3.63, 3.8) is 0 Å². The smallest absolute Gasteiger partial charge is 0.257 e. The van der Waals surface area contributed by atoms with Crippen LogP contribution in [0.2, 0.25) is 0 Å². The molecule has 2 aromatic carbocycles. The van der Waals surface area contributed by atoms with E-state index in [0.717, 1.165) is 21.8 Å². The summed E-state index contributed by atoms with van der Waals surface area (Å²) < 4.78 is 1.90. The summed E-state index contributed by atoms with van der Waals surface area (Å²) in [6, 6.07) is 22.8. The minimum absolute atomic E-state index is 0.0121. The summed E-state index contributed by atoms with van der Waals surface area (Å²) in [5, 5.41) is 3.47. The average Bonchev–Trinajstić information content (AvgIpc) is 3.52. The summed E-state index contributed by atoms with van der Waals surface area (Å²) >= 11 is 1.42. The van der Waals surface area contributed by atoms with E-state index in [9.17, 15) is 9.59 Å². The highest BCUT2D eigenvalue weighted by atomic mass is 32.1. The largest absolute Gasteiger partial charge is 0.333 e. The molecule has 0 unspecified atom stereocenters. The first-order chi connectivity index (χ1) is 17.1. The van der Waals surface area contributed by atoms with Crippen LogP contribution in [0.3, 0.4) is 0 Å². The van der Waals surface area contributed by atoms with E-state index in [1.807, 2.05) is 82.4 Å². The summed E-state index contributed by atoms with van der Waals surface area (Å²) in [6.45, 7) is 1.11. The molecule has 0 spiro atoms. The van der Waals surface area contributed by atoms with Gasteiger partial charge in [-0.2, -0.15) is 0 Å². The zero-order valence-corrected chi connectivity index (χ0v) is 19.5. The maximum absolute atomic E-state index is 13.0. The third kappa shape index (κ3) is 4.20. The molecule has 5 aromatic rings. The van der Waals surface area contributed by atoms with E-state index in [1.54, 1.807) is 12.1 Å². The minimum atomic E-state index is -0.236. The van der Waals surface area contributed by atoms with Crippen molar-refractivity contribution >= 4 is 33.9 Å². The number of carbonyl (C=O) groups is 2. The molecule has 2 amide bonds. The highest BCUT2D eigenvalue weighted by Gasteiger charge is 2.25. The fraction of sp³-hybridized carbons (Fsp3) is 0.111. The monoisotopic (exact) mass is 479 g/mol. The second kappa shape index (κ2) is 8.81. The molecule has 0 radical (unpaired) electrons. The number of hydrogen-bond donors (Lipinski definition) is 1. The maximum Gasteiger partial charge on any atom is 0.257 e. The normalized spacial score (nSPS) is 13.0. The molecular formula is C27H21N5O2S. The van der Waals surface area contributed by atoms with Gasteiger partial charge in [0.25, 0.3) is 11.8 Å². The Morgan fingerprint density at radius 2 is 1.69 bits per heavy atom. The molecule has 1 aliphatic rings. The van der Waals surface area contributed by atoms with Gasteiger partial charge in [0.2, 0.25) is 0 Å². The molecule has 3 aromatic heterocycles. The Morgan fingerprint density at radius 3 is 2.49 bits per heavy atom. The Hall–Kier alpha value is -4.30. The number of imidazole rings is 1. The van der Waals surface area contributed by atoms with Crippen molar-refractivity contribution in [2.75, 3.05) is 11.9 Å². The fourth-order valence-electron chi connectivity index (χ4n) is 4.23. The summed E-state index contributed by atoms with van der Waals surface area (Å²) in [7, 11) is 0. The summed E-state index contributed by atoms with van der Waals surface area (Å²) in [4.78, 5) is 37.9. The Morgan fingerprint density at radius 1 is 0.914 bits per heavy atom. The lowest BCUT2D eigenvalue weighted by molar-refractivity contribution is 0.0736. The standard InChI is InChI=1S/C27H21N5O2S/c33-25(20-11-13-31-16-22(28-24(31)15-20)18-7-3-1-4-8-18)30-27-29-21-12-14-32(17-23(21)35-27)26(34)19-9-5-2-6-10-19/h1-11,13,15-16H,12,14,17H2,(H,29,30,33). The Kier molecular flexibility index (Phi) is 5.35. The number of hydrogen-bond acceptors (Lipinski definition) is 5. The van der Waals surface area contributed by atoms with Gasteiger partial charge in [-0.05, 0) is 24.3 Å². The number of carbonyl (C=O) groups excluding carboxylic acids is 2. The second-order valence-corrected chi connectivity index (χ2v) is 9.44. The zero-order valence-electron chi connectivity index (χ0n) is 18.7. The van der Waals surface area contributed by atoms with Crippen molar-refractivity contribution in [3.8, 4) is 11.3 Å². The van der Waals surface area contributed by atoms with Gasteiger partial charge >= 0.3 is 0 Å². The molecule has 0 aliphatic carbocycles. The Balaban J connectivity index is 1.18. The molecule has 0 saturated heterocycles. The van der Waals surface area contributed by atoms with Gasteiger partial charge in [0, 0.05) is 46.9 Å². The molecule has 0 atom stereocenters. The maximum atomic E-state index is 13.0. The second-order valence-electron chi connectivity index (χ2n) is 8.36. The van der Waals surface area contributed by atoms with Crippen molar-refractivity contribution in [2.45, 2.75) is 13.0 Å². The van der Waals surface area contributed by atoms with E-state index < -0.39 is 0 Å². The van der Waals surface area contributed by atoms with Crippen LogP contribution in [0, 0.1) is 0 Å². The number of nitrogens with zero attached hydrogens (tertiary/aromatic N) is 4. The molecule has 172 valence electrons. The molecule has 8 heteroatoms.